The van der Waals surface area contributed by atoms with E-state index in [-0.39, 0.29) is 6.61 Å². The number of carbonyl (C=O) groups is 1. The van der Waals surface area contributed by atoms with Crippen LogP contribution in [0.2, 0.25) is 0 Å². The second-order valence-electron chi connectivity index (χ2n) is 4.85. The van der Waals surface area contributed by atoms with E-state index < -0.39 is 29.2 Å². The average Bonchev–Trinajstić information content (AvgIpc) is 2.83. The minimum Gasteiger partial charge on any atom is -0.420 e. The van der Waals surface area contributed by atoms with Gasteiger partial charge in [0.25, 0.3) is 6.41 Å². The van der Waals surface area contributed by atoms with E-state index in [2.05, 4.69) is 5.32 Å². The summed E-state index contributed by atoms with van der Waals surface area (Å²) in [5, 5.41) is 2.90. The smallest absolute Gasteiger partial charge is 0.326 e. The maximum atomic E-state index is 11.6. The van der Waals surface area contributed by atoms with Crippen LogP contribution in [0, 0.1) is 0 Å². The summed E-state index contributed by atoms with van der Waals surface area (Å²) in [6, 6.07) is -0.482. The number of ether oxygens (including phenoxy) is 2. The Bertz CT molecular complexity index is 548. The molecule has 114 valence electrons. The van der Waals surface area contributed by atoms with Crippen LogP contribution in [0.25, 0.3) is 0 Å². The Kier molecular flexibility index (Phi) is 5.64. The first-order valence-electron chi connectivity index (χ1n) is 6.56. The fourth-order valence-electron chi connectivity index (χ4n) is 2.04. The Balaban J connectivity index is 1.79. The van der Waals surface area contributed by atoms with Crippen molar-refractivity contribution < 1.29 is 23.3 Å². The maximum Gasteiger partial charge on any atom is 0.326 e. The van der Waals surface area contributed by atoms with Gasteiger partial charge in [0.2, 0.25) is 0 Å². The molecule has 1 saturated heterocycles. The lowest BCUT2D eigenvalue weighted by molar-refractivity contribution is -0.163. The molecule has 0 spiro atoms. The molecular formula is C14H17NO5S. The highest BCUT2D eigenvalue weighted by atomic mass is 32.2. The predicted molar refractivity (Wildman–Crippen MR) is 77.4 cm³/mol. The number of cyclic esters (lactones) is 1. The molecule has 1 aliphatic heterocycles. The van der Waals surface area contributed by atoms with Crippen LogP contribution in [-0.4, -0.2) is 47.2 Å². The number of allylic oxidation sites excluding steroid dienone is 4. The van der Waals surface area contributed by atoms with Gasteiger partial charge in [-0.3, -0.25) is 9.00 Å². The third-order valence-electron chi connectivity index (χ3n) is 3.14. The Hall–Kier alpha value is -1.53. The highest BCUT2D eigenvalue weighted by molar-refractivity contribution is 7.84. The van der Waals surface area contributed by atoms with E-state index >= 15 is 0 Å². The van der Waals surface area contributed by atoms with Gasteiger partial charge in [-0.2, -0.15) is 0 Å². The highest BCUT2D eigenvalue weighted by Crippen LogP contribution is 2.17. The third-order valence-corrected chi connectivity index (χ3v) is 3.95. The van der Waals surface area contributed by atoms with E-state index in [1.807, 2.05) is 12.0 Å². The lowest BCUT2D eigenvalue weighted by atomic mass is 10.0. The summed E-state index contributed by atoms with van der Waals surface area (Å²) in [6.07, 6.45) is 7.04. The van der Waals surface area contributed by atoms with E-state index in [1.165, 1.54) is 0 Å². The first-order chi connectivity index (χ1) is 10.1. The van der Waals surface area contributed by atoms with Crippen molar-refractivity contribution in [2.24, 2.45) is 0 Å². The van der Waals surface area contributed by atoms with Crippen molar-refractivity contribution in [3.05, 3.63) is 29.4 Å². The molecule has 3 atom stereocenters. The Morgan fingerprint density at radius 1 is 1.57 bits per heavy atom. The monoisotopic (exact) mass is 311 g/mol. The fraction of sp³-hybridized carbons (Fsp3) is 0.500. The van der Waals surface area contributed by atoms with Gasteiger partial charge in [0.1, 0.15) is 12.0 Å². The fourth-order valence-corrected chi connectivity index (χ4v) is 2.60. The minimum atomic E-state index is -0.945. The molecule has 0 radical (unpaired) electrons. The topological polar surface area (TPSA) is 81.7 Å². The standard InChI is InChI=1S/C14H17NO5S/c1-21(18)6-5-12-13(17)20-14(15-12)19-9-11-4-2-3-10(7-11)8-16/h2-4,12,14-15H,5-7,9H2,1H3/t12?,14-,21?/m0/s1. The number of nitrogens with one attached hydrogen (secondary N) is 1. The predicted octanol–water partition coefficient (Wildman–Crippen LogP) is 0.214. The molecule has 2 rings (SSSR count). The average molecular weight is 311 g/mol. The van der Waals surface area contributed by atoms with Crippen molar-refractivity contribution in [3.8, 4) is 0 Å². The molecular weight excluding hydrogens is 294 g/mol. The Labute approximate surface area is 125 Å². The van der Waals surface area contributed by atoms with Gasteiger partial charge in [-0.15, -0.1) is 0 Å². The first kappa shape index (κ1) is 15.9. The highest BCUT2D eigenvalue weighted by Gasteiger charge is 2.34. The lowest BCUT2D eigenvalue weighted by Gasteiger charge is -2.14. The molecule has 0 aromatic heterocycles. The molecule has 2 aliphatic rings. The number of esters is 1. The van der Waals surface area contributed by atoms with Gasteiger partial charge >= 0.3 is 5.97 Å². The number of rotatable bonds is 6. The minimum absolute atomic E-state index is 0.257. The van der Waals surface area contributed by atoms with Crippen molar-refractivity contribution >= 4 is 22.7 Å². The summed E-state index contributed by atoms with van der Waals surface area (Å²) >= 11 is 0. The molecule has 0 bridgehead atoms. The van der Waals surface area contributed by atoms with Gasteiger partial charge in [0, 0.05) is 34.8 Å². The van der Waals surface area contributed by atoms with Crippen LogP contribution in [0.15, 0.2) is 29.4 Å². The molecule has 1 N–H and O–H groups in total. The number of hydrogen-bond acceptors (Lipinski definition) is 6. The summed E-state index contributed by atoms with van der Waals surface area (Å²) in [5.41, 5.74) is 1.47. The van der Waals surface area contributed by atoms with Crippen molar-refractivity contribution in [1.29, 1.82) is 0 Å². The third kappa shape index (κ3) is 4.75. The SMILES string of the molecule is CS(=O)CCC1N[C@@H](OCC2=CC=CC(=C=O)C2)OC1=O. The first-order valence-corrected chi connectivity index (χ1v) is 8.29. The normalized spacial score (nSPS) is 26.2. The Morgan fingerprint density at radius 2 is 2.38 bits per heavy atom. The van der Waals surface area contributed by atoms with Crippen LogP contribution in [0.3, 0.4) is 0 Å². The zero-order valence-electron chi connectivity index (χ0n) is 11.7. The van der Waals surface area contributed by atoms with Crippen molar-refractivity contribution in [3.63, 3.8) is 0 Å². The zero-order valence-corrected chi connectivity index (χ0v) is 12.5. The molecule has 6 nitrogen and oxygen atoms in total. The molecule has 7 heteroatoms. The van der Waals surface area contributed by atoms with Crippen LogP contribution in [0.5, 0.6) is 0 Å². The Morgan fingerprint density at radius 3 is 3.10 bits per heavy atom. The summed E-state index contributed by atoms with van der Waals surface area (Å²) in [5.74, 6) is 1.90. The van der Waals surface area contributed by atoms with Gasteiger partial charge < -0.3 is 9.47 Å². The molecule has 0 aromatic rings. The molecule has 21 heavy (non-hydrogen) atoms. The molecule has 1 aliphatic carbocycles. The summed E-state index contributed by atoms with van der Waals surface area (Å²) in [6.45, 7) is 0.257. The van der Waals surface area contributed by atoms with Crippen LogP contribution >= 0.6 is 0 Å². The summed E-state index contributed by atoms with van der Waals surface area (Å²) in [7, 11) is -0.945. The van der Waals surface area contributed by atoms with Crippen LogP contribution in [-0.2, 0) is 29.9 Å². The van der Waals surface area contributed by atoms with Crippen molar-refractivity contribution in [2.75, 3.05) is 18.6 Å². The van der Waals surface area contributed by atoms with Gasteiger partial charge in [0.15, 0.2) is 0 Å². The number of carbonyl (C=O) groups excluding carboxylic acids is 2. The quantitative estimate of drug-likeness (QED) is 0.558. The van der Waals surface area contributed by atoms with E-state index in [0.29, 0.717) is 24.2 Å². The van der Waals surface area contributed by atoms with Crippen LogP contribution < -0.4 is 5.32 Å². The van der Waals surface area contributed by atoms with Gasteiger partial charge in [-0.25, -0.2) is 10.1 Å². The second kappa shape index (κ2) is 7.47. The lowest BCUT2D eigenvalue weighted by Crippen LogP contribution is -2.34. The summed E-state index contributed by atoms with van der Waals surface area (Å²) in [4.78, 5) is 22.2. The number of hydrogen-bond donors (Lipinski definition) is 1. The van der Waals surface area contributed by atoms with E-state index in [9.17, 15) is 13.8 Å². The van der Waals surface area contributed by atoms with E-state index in [0.717, 1.165) is 5.57 Å². The van der Waals surface area contributed by atoms with Crippen LogP contribution in [0.4, 0.5) is 0 Å². The van der Waals surface area contributed by atoms with E-state index in [4.69, 9.17) is 9.47 Å². The molecule has 0 aromatic carbocycles. The molecule has 2 unspecified atom stereocenters. The molecule has 0 amide bonds. The zero-order chi connectivity index (χ0) is 15.2. The van der Waals surface area contributed by atoms with Gasteiger partial charge in [-0.1, -0.05) is 12.2 Å². The largest absolute Gasteiger partial charge is 0.420 e. The molecule has 0 saturated carbocycles. The molecule has 1 fully saturated rings. The van der Waals surface area contributed by atoms with Crippen molar-refractivity contribution in [1.82, 2.24) is 5.32 Å². The van der Waals surface area contributed by atoms with Crippen molar-refractivity contribution in [2.45, 2.75) is 25.3 Å². The second-order valence-corrected chi connectivity index (χ2v) is 6.41. The van der Waals surface area contributed by atoms with E-state index in [1.54, 1.807) is 18.4 Å². The maximum absolute atomic E-state index is 11.6. The van der Waals surface area contributed by atoms with Crippen LogP contribution in [0.1, 0.15) is 12.8 Å². The van der Waals surface area contributed by atoms with Gasteiger partial charge in [0.05, 0.1) is 6.61 Å². The van der Waals surface area contributed by atoms with Gasteiger partial charge in [-0.05, 0) is 18.1 Å². The summed E-state index contributed by atoms with van der Waals surface area (Å²) < 4.78 is 21.5. The molecule has 1 heterocycles.